The zero-order valence-corrected chi connectivity index (χ0v) is 10.5. The van der Waals surface area contributed by atoms with Gasteiger partial charge in [0.2, 0.25) is 0 Å². The number of nitrogens with one attached hydrogen (secondary N) is 1. The van der Waals surface area contributed by atoms with Crippen molar-refractivity contribution < 1.29 is 0 Å². The van der Waals surface area contributed by atoms with Crippen LogP contribution in [0.25, 0.3) is 0 Å². The van der Waals surface area contributed by atoms with Gasteiger partial charge >= 0.3 is 0 Å². The van der Waals surface area contributed by atoms with Crippen molar-refractivity contribution in [1.29, 1.82) is 0 Å². The summed E-state index contributed by atoms with van der Waals surface area (Å²) in [4.78, 5) is 2.49. The minimum absolute atomic E-state index is 0.630. The first-order chi connectivity index (χ1) is 7.69. The van der Waals surface area contributed by atoms with E-state index in [0.29, 0.717) is 6.04 Å². The maximum Gasteiger partial charge on any atom is 0.0367 e. The Morgan fingerprint density at radius 1 is 1.19 bits per heavy atom. The van der Waals surface area contributed by atoms with Crippen LogP contribution in [0, 0.1) is 12.8 Å². The number of anilines is 1. The first-order valence-corrected chi connectivity index (χ1v) is 6.18. The van der Waals surface area contributed by atoms with E-state index in [-0.39, 0.29) is 0 Å². The van der Waals surface area contributed by atoms with Crippen molar-refractivity contribution in [2.45, 2.75) is 26.3 Å². The Morgan fingerprint density at radius 2 is 1.88 bits per heavy atom. The van der Waals surface area contributed by atoms with Gasteiger partial charge in [-0.3, -0.25) is 0 Å². The van der Waals surface area contributed by atoms with Crippen LogP contribution in [-0.4, -0.2) is 26.2 Å². The fraction of sp³-hybridized carbons (Fsp3) is 0.571. The predicted molar refractivity (Wildman–Crippen MR) is 70.0 cm³/mol. The van der Waals surface area contributed by atoms with Gasteiger partial charge in [-0.25, -0.2) is 0 Å². The lowest BCUT2D eigenvalue weighted by Gasteiger charge is -2.38. The zero-order chi connectivity index (χ0) is 11.5. The molecular weight excluding hydrogens is 196 g/mol. The third kappa shape index (κ3) is 2.56. The van der Waals surface area contributed by atoms with Crippen molar-refractivity contribution in [2.24, 2.45) is 5.92 Å². The lowest BCUT2D eigenvalue weighted by molar-refractivity contribution is 0.366. The van der Waals surface area contributed by atoms with E-state index in [4.69, 9.17) is 0 Å². The van der Waals surface area contributed by atoms with Gasteiger partial charge < -0.3 is 10.2 Å². The SMILES string of the molecule is CNC1CC(C)CN(c2ccc(C)cc2)C1. The van der Waals surface area contributed by atoms with Crippen molar-refractivity contribution in [1.82, 2.24) is 5.32 Å². The summed E-state index contributed by atoms with van der Waals surface area (Å²) in [6.07, 6.45) is 1.29. The molecule has 2 heteroatoms. The van der Waals surface area contributed by atoms with Crippen molar-refractivity contribution in [3.8, 4) is 0 Å². The maximum absolute atomic E-state index is 3.40. The van der Waals surface area contributed by atoms with E-state index < -0.39 is 0 Å². The van der Waals surface area contributed by atoms with Crippen molar-refractivity contribution in [3.63, 3.8) is 0 Å². The highest BCUT2D eigenvalue weighted by molar-refractivity contribution is 5.48. The number of benzene rings is 1. The van der Waals surface area contributed by atoms with Gasteiger partial charge in [-0.15, -0.1) is 0 Å². The molecule has 1 aliphatic heterocycles. The molecule has 2 nitrogen and oxygen atoms in total. The molecule has 1 N–H and O–H groups in total. The van der Waals surface area contributed by atoms with Gasteiger partial charge in [0.25, 0.3) is 0 Å². The van der Waals surface area contributed by atoms with Gasteiger partial charge in [0, 0.05) is 24.8 Å². The number of aryl methyl sites for hydroxylation is 1. The summed E-state index contributed by atoms with van der Waals surface area (Å²) in [6.45, 7) is 6.79. The summed E-state index contributed by atoms with van der Waals surface area (Å²) < 4.78 is 0. The minimum Gasteiger partial charge on any atom is -0.370 e. The molecule has 88 valence electrons. The molecule has 1 aromatic rings. The fourth-order valence-electron chi connectivity index (χ4n) is 2.53. The molecule has 1 fully saturated rings. The van der Waals surface area contributed by atoms with Crippen LogP contribution in [-0.2, 0) is 0 Å². The van der Waals surface area contributed by atoms with Gasteiger partial charge in [-0.1, -0.05) is 24.6 Å². The summed E-state index contributed by atoms with van der Waals surface area (Å²) in [6, 6.07) is 9.50. The van der Waals surface area contributed by atoms with E-state index in [9.17, 15) is 0 Å². The van der Waals surface area contributed by atoms with Gasteiger partial charge in [0.05, 0.1) is 0 Å². The van der Waals surface area contributed by atoms with Gasteiger partial charge in [0.15, 0.2) is 0 Å². The smallest absolute Gasteiger partial charge is 0.0367 e. The summed E-state index contributed by atoms with van der Waals surface area (Å²) in [5, 5.41) is 3.40. The summed E-state index contributed by atoms with van der Waals surface area (Å²) in [7, 11) is 2.07. The number of hydrogen-bond donors (Lipinski definition) is 1. The quantitative estimate of drug-likeness (QED) is 0.820. The molecule has 1 aliphatic rings. The van der Waals surface area contributed by atoms with Crippen LogP contribution in [0.1, 0.15) is 18.9 Å². The highest BCUT2D eigenvalue weighted by Gasteiger charge is 2.23. The Hall–Kier alpha value is -1.02. The number of rotatable bonds is 2. The minimum atomic E-state index is 0.630. The van der Waals surface area contributed by atoms with Crippen molar-refractivity contribution in [2.75, 3.05) is 25.0 Å². The molecule has 0 amide bonds. The van der Waals surface area contributed by atoms with E-state index in [1.54, 1.807) is 0 Å². The largest absolute Gasteiger partial charge is 0.370 e. The Balaban J connectivity index is 2.11. The van der Waals surface area contributed by atoms with Gasteiger partial charge in [-0.2, -0.15) is 0 Å². The number of hydrogen-bond acceptors (Lipinski definition) is 2. The molecule has 2 atom stereocenters. The average Bonchev–Trinajstić information content (AvgIpc) is 2.29. The van der Waals surface area contributed by atoms with Crippen molar-refractivity contribution >= 4 is 5.69 Å². The molecule has 0 spiro atoms. The Labute approximate surface area is 98.7 Å². The summed E-state index contributed by atoms with van der Waals surface area (Å²) >= 11 is 0. The number of likely N-dealkylation sites (N-methyl/N-ethyl adjacent to an activating group) is 1. The Kier molecular flexibility index (Phi) is 3.49. The lowest BCUT2D eigenvalue weighted by Crippen LogP contribution is -2.47. The molecule has 0 aromatic heterocycles. The number of piperidine rings is 1. The maximum atomic E-state index is 3.40. The highest BCUT2D eigenvalue weighted by Crippen LogP contribution is 2.23. The fourth-order valence-corrected chi connectivity index (χ4v) is 2.53. The monoisotopic (exact) mass is 218 g/mol. The van der Waals surface area contributed by atoms with Crippen LogP contribution in [0.4, 0.5) is 5.69 Å². The molecule has 0 aliphatic carbocycles. The molecule has 2 unspecified atom stereocenters. The first-order valence-electron chi connectivity index (χ1n) is 6.18. The second-order valence-corrected chi connectivity index (χ2v) is 5.07. The average molecular weight is 218 g/mol. The van der Waals surface area contributed by atoms with Crippen LogP contribution < -0.4 is 10.2 Å². The predicted octanol–water partition coefficient (Wildman–Crippen LogP) is 2.43. The molecule has 1 aromatic carbocycles. The second kappa shape index (κ2) is 4.88. The van der Waals surface area contributed by atoms with E-state index in [0.717, 1.165) is 12.5 Å². The molecule has 1 saturated heterocycles. The first kappa shape index (κ1) is 11.5. The number of nitrogens with zero attached hydrogens (tertiary/aromatic N) is 1. The van der Waals surface area contributed by atoms with E-state index >= 15 is 0 Å². The molecule has 0 bridgehead atoms. The summed E-state index contributed by atoms with van der Waals surface area (Å²) in [5.41, 5.74) is 2.69. The van der Waals surface area contributed by atoms with Crippen LogP contribution in [0.5, 0.6) is 0 Å². The standard InChI is InChI=1S/C14H22N2/c1-11-4-6-14(7-5-11)16-9-12(2)8-13(10-16)15-3/h4-7,12-13,15H,8-10H2,1-3H3. The van der Waals surface area contributed by atoms with Crippen molar-refractivity contribution in [3.05, 3.63) is 29.8 Å². The molecule has 16 heavy (non-hydrogen) atoms. The van der Waals surface area contributed by atoms with Crippen LogP contribution in [0.2, 0.25) is 0 Å². The zero-order valence-electron chi connectivity index (χ0n) is 10.5. The molecule has 2 rings (SSSR count). The Bertz CT molecular complexity index is 331. The third-order valence-electron chi connectivity index (χ3n) is 3.47. The van der Waals surface area contributed by atoms with E-state index in [1.807, 2.05) is 0 Å². The van der Waals surface area contributed by atoms with Crippen LogP contribution in [0.15, 0.2) is 24.3 Å². The van der Waals surface area contributed by atoms with E-state index in [2.05, 4.69) is 55.4 Å². The van der Waals surface area contributed by atoms with Crippen LogP contribution in [0.3, 0.4) is 0 Å². The molecular formula is C14H22N2. The third-order valence-corrected chi connectivity index (χ3v) is 3.47. The highest BCUT2D eigenvalue weighted by atomic mass is 15.2. The molecule has 1 heterocycles. The topological polar surface area (TPSA) is 15.3 Å². The van der Waals surface area contributed by atoms with Crippen LogP contribution >= 0.6 is 0 Å². The second-order valence-electron chi connectivity index (χ2n) is 5.07. The lowest BCUT2D eigenvalue weighted by atomic mass is 9.95. The normalized spacial score (nSPS) is 25.8. The van der Waals surface area contributed by atoms with Gasteiger partial charge in [0.1, 0.15) is 0 Å². The molecule has 0 radical (unpaired) electrons. The van der Waals surface area contributed by atoms with Gasteiger partial charge in [-0.05, 0) is 38.4 Å². The Morgan fingerprint density at radius 3 is 2.50 bits per heavy atom. The molecule has 0 saturated carbocycles. The van der Waals surface area contributed by atoms with E-state index in [1.165, 1.54) is 24.2 Å². The summed E-state index contributed by atoms with van der Waals surface area (Å²) in [5.74, 6) is 0.771.